The highest BCUT2D eigenvalue weighted by Crippen LogP contribution is 2.22. The first-order valence-electron chi connectivity index (χ1n) is 7.09. The van der Waals surface area contributed by atoms with Gasteiger partial charge >= 0.3 is 0 Å². The van der Waals surface area contributed by atoms with Crippen LogP contribution in [0.4, 0.5) is 0 Å². The van der Waals surface area contributed by atoms with Gasteiger partial charge in [0.15, 0.2) is 0 Å². The van der Waals surface area contributed by atoms with Gasteiger partial charge in [-0.05, 0) is 35.7 Å². The van der Waals surface area contributed by atoms with Crippen LogP contribution in [0.1, 0.15) is 40.5 Å². The summed E-state index contributed by atoms with van der Waals surface area (Å²) < 4.78 is 0. The number of amides is 1. The fourth-order valence-corrected chi connectivity index (χ4v) is 2.63. The largest absolute Gasteiger partial charge is 0.328 e. The zero-order chi connectivity index (χ0) is 13.9. The summed E-state index contributed by atoms with van der Waals surface area (Å²) in [4.78, 5) is 18.7. The SMILES string of the molecule is CCCc1ccc(C(=O)N2Cc3cccnc3C2)cc1. The predicted molar refractivity (Wildman–Crippen MR) is 78.3 cm³/mol. The molecular weight excluding hydrogens is 248 g/mol. The van der Waals surface area contributed by atoms with E-state index in [0.29, 0.717) is 13.1 Å². The number of hydrogen-bond donors (Lipinski definition) is 0. The first kappa shape index (κ1) is 12.9. The summed E-state index contributed by atoms with van der Waals surface area (Å²) in [5.41, 5.74) is 4.22. The lowest BCUT2D eigenvalue weighted by atomic mass is 10.1. The van der Waals surface area contributed by atoms with Crippen LogP contribution in [0, 0.1) is 0 Å². The quantitative estimate of drug-likeness (QED) is 0.854. The molecule has 0 saturated carbocycles. The summed E-state index contributed by atoms with van der Waals surface area (Å²) in [5.74, 6) is 0.0889. The number of aryl methyl sites for hydroxylation is 1. The topological polar surface area (TPSA) is 33.2 Å². The molecule has 102 valence electrons. The zero-order valence-electron chi connectivity index (χ0n) is 11.7. The molecule has 3 rings (SSSR count). The Labute approximate surface area is 119 Å². The van der Waals surface area contributed by atoms with Gasteiger partial charge in [0, 0.05) is 18.3 Å². The predicted octanol–water partition coefficient (Wildman–Crippen LogP) is 3.19. The second-order valence-corrected chi connectivity index (χ2v) is 5.22. The van der Waals surface area contributed by atoms with Gasteiger partial charge < -0.3 is 4.90 Å². The monoisotopic (exact) mass is 266 g/mol. The molecule has 0 saturated heterocycles. The number of nitrogens with zero attached hydrogens (tertiary/aromatic N) is 2. The second-order valence-electron chi connectivity index (χ2n) is 5.22. The summed E-state index contributed by atoms with van der Waals surface area (Å²) >= 11 is 0. The van der Waals surface area contributed by atoms with Crippen LogP contribution in [-0.2, 0) is 19.5 Å². The molecule has 1 aliphatic rings. The average molecular weight is 266 g/mol. The van der Waals surface area contributed by atoms with E-state index in [0.717, 1.165) is 29.7 Å². The van der Waals surface area contributed by atoms with E-state index in [1.54, 1.807) is 6.20 Å². The minimum atomic E-state index is 0.0889. The molecule has 3 nitrogen and oxygen atoms in total. The highest BCUT2D eigenvalue weighted by molar-refractivity contribution is 5.94. The zero-order valence-corrected chi connectivity index (χ0v) is 11.7. The summed E-state index contributed by atoms with van der Waals surface area (Å²) in [6.45, 7) is 3.44. The van der Waals surface area contributed by atoms with Crippen LogP contribution in [0.3, 0.4) is 0 Å². The van der Waals surface area contributed by atoms with Crippen molar-refractivity contribution in [1.29, 1.82) is 0 Å². The third-order valence-corrected chi connectivity index (χ3v) is 3.71. The number of carbonyl (C=O) groups is 1. The Morgan fingerprint density at radius 1 is 1.20 bits per heavy atom. The van der Waals surface area contributed by atoms with Crippen LogP contribution < -0.4 is 0 Å². The van der Waals surface area contributed by atoms with Gasteiger partial charge in [-0.25, -0.2) is 0 Å². The molecule has 2 heterocycles. The molecule has 2 aromatic rings. The van der Waals surface area contributed by atoms with Crippen molar-refractivity contribution in [3.8, 4) is 0 Å². The van der Waals surface area contributed by atoms with Gasteiger partial charge in [-0.15, -0.1) is 0 Å². The molecule has 1 aromatic carbocycles. The molecule has 0 radical (unpaired) electrons. The van der Waals surface area contributed by atoms with Crippen LogP contribution >= 0.6 is 0 Å². The third-order valence-electron chi connectivity index (χ3n) is 3.71. The van der Waals surface area contributed by atoms with Gasteiger partial charge in [0.1, 0.15) is 0 Å². The van der Waals surface area contributed by atoms with E-state index in [4.69, 9.17) is 0 Å². The van der Waals surface area contributed by atoms with Crippen molar-refractivity contribution in [2.24, 2.45) is 0 Å². The molecule has 0 aliphatic carbocycles. The van der Waals surface area contributed by atoms with Crippen molar-refractivity contribution in [2.75, 3.05) is 0 Å². The minimum Gasteiger partial charge on any atom is -0.328 e. The van der Waals surface area contributed by atoms with E-state index >= 15 is 0 Å². The van der Waals surface area contributed by atoms with Crippen LogP contribution in [0.5, 0.6) is 0 Å². The van der Waals surface area contributed by atoms with Crippen LogP contribution in [0.25, 0.3) is 0 Å². The maximum atomic E-state index is 12.5. The Morgan fingerprint density at radius 2 is 2.00 bits per heavy atom. The average Bonchev–Trinajstić information content (AvgIpc) is 2.91. The fraction of sp³-hybridized carbons (Fsp3) is 0.294. The Morgan fingerprint density at radius 3 is 2.70 bits per heavy atom. The maximum absolute atomic E-state index is 12.5. The Hall–Kier alpha value is -2.16. The molecule has 0 spiro atoms. The van der Waals surface area contributed by atoms with Crippen molar-refractivity contribution >= 4 is 5.91 Å². The molecule has 0 atom stereocenters. The van der Waals surface area contributed by atoms with Gasteiger partial charge in [0.25, 0.3) is 5.91 Å². The smallest absolute Gasteiger partial charge is 0.254 e. The minimum absolute atomic E-state index is 0.0889. The molecule has 0 unspecified atom stereocenters. The van der Waals surface area contributed by atoms with Crippen molar-refractivity contribution in [3.63, 3.8) is 0 Å². The number of benzene rings is 1. The Bertz CT molecular complexity index is 594. The molecule has 20 heavy (non-hydrogen) atoms. The standard InChI is InChI=1S/C17H18N2O/c1-2-4-13-6-8-14(9-7-13)17(20)19-11-15-5-3-10-18-16(15)12-19/h3,5-10H,2,4,11-12H2,1H3. The van der Waals surface area contributed by atoms with E-state index in [2.05, 4.69) is 24.0 Å². The fourth-order valence-electron chi connectivity index (χ4n) is 2.63. The number of fused-ring (bicyclic) bond motifs is 1. The molecule has 3 heteroatoms. The third kappa shape index (κ3) is 2.44. The maximum Gasteiger partial charge on any atom is 0.254 e. The van der Waals surface area contributed by atoms with Crippen molar-refractivity contribution in [1.82, 2.24) is 9.88 Å². The lowest BCUT2D eigenvalue weighted by Crippen LogP contribution is -2.25. The summed E-state index contributed by atoms with van der Waals surface area (Å²) in [6, 6.07) is 11.9. The lowest BCUT2D eigenvalue weighted by molar-refractivity contribution is 0.0750. The van der Waals surface area contributed by atoms with E-state index in [-0.39, 0.29) is 5.91 Å². The Balaban J connectivity index is 1.74. The number of pyridine rings is 1. The van der Waals surface area contributed by atoms with E-state index in [1.807, 2.05) is 29.2 Å². The molecular formula is C17H18N2O. The first-order chi connectivity index (χ1) is 9.78. The van der Waals surface area contributed by atoms with Crippen molar-refractivity contribution < 1.29 is 4.79 Å². The number of hydrogen-bond acceptors (Lipinski definition) is 2. The molecule has 0 N–H and O–H groups in total. The Kier molecular flexibility index (Phi) is 3.50. The van der Waals surface area contributed by atoms with Crippen molar-refractivity contribution in [3.05, 3.63) is 65.0 Å². The summed E-state index contributed by atoms with van der Waals surface area (Å²) in [7, 11) is 0. The van der Waals surface area contributed by atoms with Gasteiger partial charge in [-0.1, -0.05) is 31.5 Å². The van der Waals surface area contributed by atoms with Crippen LogP contribution in [0.15, 0.2) is 42.6 Å². The van der Waals surface area contributed by atoms with E-state index in [9.17, 15) is 4.79 Å². The highest BCUT2D eigenvalue weighted by Gasteiger charge is 2.24. The number of aromatic nitrogens is 1. The van der Waals surface area contributed by atoms with Gasteiger partial charge in [0.2, 0.25) is 0 Å². The number of rotatable bonds is 3. The molecule has 0 bridgehead atoms. The van der Waals surface area contributed by atoms with E-state index < -0.39 is 0 Å². The van der Waals surface area contributed by atoms with Gasteiger partial charge in [-0.3, -0.25) is 9.78 Å². The van der Waals surface area contributed by atoms with Gasteiger partial charge in [0.05, 0.1) is 12.2 Å². The van der Waals surface area contributed by atoms with Gasteiger partial charge in [-0.2, -0.15) is 0 Å². The molecule has 1 amide bonds. The first-order valence-corrected chi connectivity index (χ1v) is 7.09. The molecule has 0 fully saturated rings. The number of carbonyl (C=O) groups excluding carboxylic acids is 1. The second kappa shape index (κ2) is 5.45. The van der Waals surface area contributed by atoms with Crippen LogP contribution in [0.2, 0.25) is 0 Å². The summed E-state index contributed by atoms with van der Waals surface area (Å²) in [5, 5.41) is 0. The normalized spacial score (nSPS) is 13.3. The molecule has 1 aliphatic heterocycles. The lowest BCUT2D eigenvalue weighted by Gasteiger charge is -2.15. The molecule has 1 aromatic heterocycles. The van der Waals surface area contributed by atoms with E-state index in [1.165, 1.54) is 5.56 Å². The van der Waals surface area contributed by atoms with Crippen molar-refractivity contribution in [2.45, 2.75) is 32.9 Å². The highest BCUT2D eigenvalue weighted by atomic mass is 16.2. The summed E-state index contributed by atoms with van der Waals surface area (Å²) in [6.07, 6.45) is 3.97. The van der Waals surface area contributed by atoms with Crippen LogP contribution in [-0.4, -0.2) is 15.8 Å².